The van der Waals surface area contributed by atoms with Gasteiger partial charge in [-0.3, -0.25) is 4.79 Å². The molecule has 3 N–H and O–H groups in total. The topological polar surface area (TPSA) is 73.6 Å². The van der Waals surface area contributed by atoms with Crippen molar-refractivity contribution >= 4 is 5.91 Å². The number of nitrogens with one attached hydrogen (secondary N) is 1. The Labute approximate surface area is 125 Å². The maximum absolute atomic E-state index is 12.6. The van der Waals surface area contributed by atoms with Crippen LogP contribution in [0.3, 0.4) is 0 Å². The largest absolute Gasteiger partial charge is 0.496 e. The molecule has 0 aromatic heterocycles. The minimum absolute atomic E-state index is 0.00891. The summed E-state index contributed by atoms with van der Waals surface area (Å²) in [5, 5.41) is 3.05. The second kappa shape index (κ2) is 7.31. The number of ether oxygens (including phenoxy) is 2. The van der Waals surface area contributed by atoms with Gasteiger partial charge in [0.2, 0.25) is 0 Å². The van der Waals surface area contributed by atoms with Crippen molar-refractivity contribution in [2.24, 2.45) is 5.73 Å². The first-order chi connectivity index (χ1) is 10.2. The fraction of sp³-hybridized carbons (Fsp3) is 0.562. The first-order valence-electron chi connectivity index (χ1n) is 7.44. The standard InChI is InChI=1S/C16H24N2O3/c1-20-13-9-6-10-14(21-2)15(13)16(19)18-12-8-5-3-4-7-11(12)17/h6,9-12H,3-5,7-8,17H2,1-2H3,(H,18,19). The fourth-order valence-electron chi connectivity index (χ4n) is 2.83. The van der Waals surface area contributed by atoms with Crippen LogP contribution in [0.5, 0.6) is 11.5 Å². The van der Waals surface area contributed by atoms with Gasteiger partial charge >= 0.3 is 0 Å². The average Bonchev–Trinajstić information content (AvgIpc) is 2.71. The van der Waals surface area contributed by atoms with Crippen LogP contribution in [0, 0.1) is 0 Å². The summed E-state index contributed by atoms with van der Waals surface area (Å²) >= 11 is 0. The number of carbonyl (C=O) groups is 1. The number of nitrogens with two attached hydrogens (primary N) is 1. The van der Waals surface area contributed by atoms with Crippen LogP contribution in [0.25, 0.3) is 0 Å². The van der Waals surface area contributed by atoms with Crippen LogP contribution < -0.4 is 20.5 Å². The summed E-state index contributed by atoms with van der Waals surface area (Å²) in [7, 11) is 3.09. The van der Waals surface area contributed by atoms with Crippen LogP contribution in [-0.4, -0.2) is 32.2 Å². The molecule has 0 aliphatic heterocycles. The number of hydrogen-bond acceptors (Lipinski definition) is 4. The summed E-state index contributed by atoms with van der Waals surface area (Å²) in [6, 6.07) is 5.33. The van der Waals surface area contributed by atoms with Crippen molar-refractivity contribution in [3.63, 3.8) is 0 Å². The van der Waals surface area contributed by atoms with Gasteiger partial charge in [0.05, 0.1) is 14.2 Å². The maximum Gasteiger partial charge on any atom is 0.259 e. The number of rotatable bonds is 4. The van der Waals surface area contributed by atoms with E-state index in [-0.39, 0.29) is 18.0 Å². The second-order valence-electron chi connectivity index (χ2n) is 5.42. The van der Waals surface area contributed by atoms with Gasteiger partial charge in [-0.15, -0.1) is 0 Å². The predicted molar refractivity (Wildman–Crippen MR) is 81.9 cm³/mol. The Morgan fingerprint density at radius 2 is 1.76 bits per heavy atom. The van der Waals surface area contributed by atoms with Crippen LogP contribution in [-0.2, 0) is 0 Å². The molecule has 5 nitrogen and oxygen atoms in total. The summed E-state index contributed by atoms with van der Waals surface area (Å²) in [5.41, 5.74) is 6.60. The zero-order valence-corrected chi connectivity index (χ0v) is 12.7. The third-order valence-corrected chi connectivity index (χ3v) is 4.04. The van der Waals surface area contributed by atoms with E-state index in [1.54, 1.807) is 32.4 Å². The monoisotopic (exact) mass is 292 g/mol. The zero-order valence-electron chi connectivity index (χ0n) is 12.7. The highest BCUT2D eigenvalue weighted by atomic mass is 16.5. The number of carbonyl (C=O) groups excluding carboxylic acids is 1. The molecule has 2 unspecified atom stereocenters. The van der Waals surface area contributed by atoms with Crippen molar-refractivity contribution in [3.05, 3.63) is 23.8 Å². The number of benzene rings is 1. The molecular formula is C16H24N2O3. The highest BCUT2D eigenvalue weighted by Gasteiger charge is 2.25. The van der Waals surface area contributed by atoms with E-state index in [0.717, 1.165) is 25.7 Å². The molecule has 1 amide bonds. The third kappa shape index (κ3) is 3.67. The predicted octanol–water partition coefficient (Wildman–Crippen LogP) is 2.09. The lowest BCUT2D eigenvalue weighted by atomic mass is 10.0. The van der Waals surface area contributed by atoms with E-state index in [4.69, 9.17) is 15.2 Å². The van der Waals surface area contributed by atoms with Gasteiger partial charge < -0.3 is 20.5 Å². The summed E-state index contributed by atoms with van der Waals surface area (Å²) in [5.74, 6) is 0.828. The first-order valence-corrected chi connectivity index (χ1v) is 7.44. The van der Waals surface area contributed by atoms with Gasteiger partial charge in [0.15, 0.2) is 0 Å². The average molecular weight is 292 g/mol. The molecule has 1 aliphatic carbocycles. The molecule has 5 heteroatoms. The zero-order chi connectivity index (χ0) is 15.2. The van der Waals surface area contributed by atoms with Crippen LogP contribution in [0.15, 0.2) is 18.2 Å². The summed E-state index contributed by atoms with van der Waals surface area (Å²) in [4.78, 5) is 12.6. The number of amides is 1. The minimum Gasteiger partial charge on any atom is -0.496 e. The van der Waals surface area contributed by atoms with Gasteiger partial charge in [0.1, 0.15) is 17.1 Å². The van der Waals surface area contributed by atoms with Crippen LogP contribution >= 0.6 is 0 Å². The maximum atomic E-state index is 12.6. The SMILES string of the molecule is COc1cccc(OC)c1C(=O)NC1CCCCCC1N. The van der Waals surface area contributed by atoms with E-state index in [1.165, 1.54) is 6.42 Å². The van der Waals surface area contributed by atoms with Gasteiger partial charge in [0, 0.05) is 12.1 Å². The summed E-state index contributed by atoms with van der Waals surface area (Å²) < 4.78 is 10.6. The minimum atomic E-state index is -0.188. The van der Waals surface area contributed by atoms with Crippen molar-refractivity contribution in [2.75, 3.05) is 14.2 Å². The molecule has 0 heterocycles. The molecule has 21 heavy (non-hydrogen) atoms. The highest BCUT2D eigenvalue weighted by molar-refractivity contribution is 5.99. The highest BCUT2D eigenvalue weighted by Crippen LogP contribution is 2.28. The Bertz CT molecular complexity index is 468. The molecule has 2 rings (SSSR count). The normalized spacial score (nSPS) is 22.2. The van der Waals surface area contributed by atoms with Crippen molar-refractivity contribution in [1.82, 2.24) is 5.32 Å². The summed E-state index contributed by atoms with van der Waals surface area (Å²) in [6.45, 7) is 0. The lowest BCUT2D eigenvalue weighted by Gasteiger charge is -2.23. The van der Waals surface area contributed by atoms with Crippen LogP contribution in [0.4, 0.5) is 0 Å². The molecule has 1 aromatic carbocycles. The molecule has 0 bridgehead atoms. The number of methoxy groups -OCH3 is 2. The van der Waals surface area contributed by atoms with Crippen LogP contribution in [0.2, 0.25) is 0 Å². The van der Waals surface area contributed by atoms with E-state index >= 15 is 0 Å². The quantitative estimate of drug-likeness (QED) is 0.833. The van der Waals surface area contributed by atoms with Gasteiger partial charge in [-0.05, 0) is 25.0 Å². The molecule has 0 radical (unpaired) electrons. The van der Waals surface area contributed by atoms with Gasteiger partial charge in [-0.2, -0.15) is 0 Å². The third-order valence-electron chi connectivity index (χ3n) is 4.04. The van der Waals surface area contributed by atoms with E-state index in [0.29, 0.717) is 17.1 Å². The summed E-state index contributed by atoms with van der Waals surface area (Å²) in [6.07, 6.45) is 5.28. The van der Waals surface area contributed by atoms with E-state index in [1.807, 2.05) is 0 Å². The Morgan fingerprint density at radius 1 is 1.14 bits per heavy atom. The molecule has 0 saturated heterocycles. The Kier molecular flexibility index (Phi) is 5.44. The lowest BCUT2D eigenvalue weighted by Crippen LogP contribution is -2.47. The Hall–Kier alpha value is -1.75. The van der Waals surface area contributed by atoms with E-state index in [9.17, 15) is 4.79 Å². The molecule has 1 fully saturated rings. The van der Waals surface area contributed by atoms with Crippen molar-refractivity contribution in [1.29, 1.82) is 0 Å². The molecular weight excluding hydrogens is 268 g/mol. The van der Waals surface area contributed by atoms with Crippen molar-refractivity contribution in [3.8, 4) is 11.5 Å². The molecule has 2 atom stereocenters. The molecule has 116 valence electrons. The fourth-order valence-corrected chi connectivity index (χ4v) is 2.83. The van der Waals surface area contributed by atoms with E-state index in [2.05, 4.69) is 5.32 Å². The van der Waals surface area contributed by atoms with Crippen molar-refractivity contribution < 1.29 is 14.3 Å². The van der Waals surface area contributed by atoms with Gasteiger partial charge in [0.25, 0.3) is 5.91 Å². The second-order valence-corrected chi connectivity index (χ2v) is 5.42. The molecule has 1 aromatic rings. The number of hydrogen-bond donors (Lipinski definition) is 2. The smallest absolute Gasteiger partial charge is 0.259 e. The first kappa shape index (κ1) is 15.6. The van der Waals surface area contributed by atoms with Crippen molar-refractivity contribution in [2.45, 2.75) is 44.2 Å². The Balaban J connectivity index is 2.19. The Morgan fingerprint density at radius 3 is 2.38 bits per heavy atom. The van der Waals surface area contributed by atoms with Gasteiger partial charge in [-0.1, -0.05) is 25.3 Å². The lowest BCUT2D eigenvalue weighted by molar-refractivity contribution is 0.0922. The van der Waals surface area contributed by atoms with Crippen LogP contribution in [0.1, 0.15) is 42.5 Å². The molecule has 1 saturated carbocycles. The van der Waals surface area contributed by atoms with Gasteiger partial charge in [-0.25, -0.2) is 0 Å². The molecule has 0 spiro atoms. The molecule has 1 aliphatic rings. The van der Waals surface area contributed by atoms with E-state index < -0.39 is 0 Å².